The summed E-state index contributed by atoms with van der Waals surface area (Å²) in [7, 11) is 0. The molecule has 2 aliphatic rings. The SMILES string of the molecule is C1=c2oc3c(-c4ccc5oc6cccc(-n7c8ccccc8c8ccccc87)c6c5c4)cccc3c2=CC(C2NC(c3ccccc3)=NC(c3ccccc3)N2)C1. The maximum Gasteiger partial charge on any atom is 0.143 e. The number of aliphatic imine (C=N–C) groups is 1. The average Bonchev–Trinajstić information content (AvgIpc) is 3.96. The van der Waals surface area contributed by atoms with Gasteiger partial charge in [-0.25, -0.2) is 4.99 Å². The lowest BCUT2D eigenvalue weighted by molar-refractivity contribution is 0.341. The molecule has 3 unspecified atom stereocenters. The minimum atomic E-state index is -0.167. The third kappa shape index (κ3) is 5.11. The Morgan fingerprint density at radius 1 is 0.596 bits per heavy atom. The molecule has 6 nitrogen and oxygen atoms in total. The maximum atomic E-state index is 6.77. The Labute approximate surface area is 327 Å². The van der Waals surface area contributed by atoms with Crippen LogP contribution in [0.5, 0.6) is 0 Å². The van der Waals surface area contributed by atoms with Crippen molar-refractivity contribution in [3.63, 3.8) is 0 Å². The van der Waals surface area contributed by atoms with Crippen molar-refractivity contribution in [1.82, 2.24) is 15.2 Å². The van der Waals surface area contributed by atoms with Gasteiger partial charge in [-0.15, -0.1) is 0 Å². The van der Waals surface area contributed by atoms with Crippen LogP contribution < -0.4 is 21.3 Å². The molecule has 7 aromatic carbocycles. The smallest absolute Gasteiger partial charge is 0.143 e. The van der Waals surface area contributed by atoms with Gasteiger partial charge in [0.2, 0.25) is 0 Å². The van der Waals surface area contributed by atoms with E-state index in [-0.39, 0.29) is 18.2 Å². The molecule has 0 saturated carbocycles. The Morgan fingerprint density at radius 2 is 1.32 bits per heavy atom. The topological polar surface area (TPSA) is 67.6 Å². The molecule has 6 heteroatoms. The van der Waals surface area contributed by atoms with E-state index in [2.05, 4.69) is 179 Å². The van der Waals surface area contributed by atoms with Crippen LogP contribution in [0.4, 0.5) is 0 Å². The van der Waals surface area contributed by atoms with Crippen LogP contribution in [0.3, 0.4) is 0 Å². The van der Waals surface area contributed by atoms with Gasteiger partial charge in [0.25, 0.3) is 0 Å². The zero-order chi connectivity index (χ0) is 37.5. The van der Waals surface area contributed by atoms with Gasteiger partial charge in [0.05, 0.1) is 28.3 Å². The van der Waals surface area contributed by atoms with E-state index >= 15 is 0 Å². The molecule has 272 valence electrons. The Hall–Kier alpha value is -7.15. The van der Waals surface area contributed by atoms with Crippen LogP contribution in [0.15, 0.2) is 178 Å². The molecule has 0 spiro atoms. The third-order valence-corrected chi connectivity index (χ3v) is 11.8. The van der Waals surface area contributed by atoms with Crippen LogP contribution >= 0.6 is 0 Å². The van der Waals surface area contributed by atoms with Gasteiger partial charge in [-0.2, -0.15) is 0 Å². The predicted octanol–water partition coefficient (Wildman–Crippen LogP) is 10.3. The van der Waals surface area contributed by atoms with Crippen molar-refractivity contribution in [3.05, 3.63) is 186 Å². The van der Waals surface area contributed by atoms with Crippen molar-refractivity contribution in [1.29, 1.82) is 0 Å². The van der Waals surface area contributed by atoms with E-state index in [0.29, 0.717) is 0 Å². The minimum absolute atomic E-state index is 0.0408. The van der Waals surface area contributed by atoms with E-state index in [4.69, 9.17) is 13.8 Å². The molecular formula is C51H36N4O2. The van der Waals surface area contributed by atoms with Crippen molar-refractivity contribution >= 4 is 72.7 Å². The number of nitrogens with one attached hydrogen (secondary N) is 2. The van der Waals surface area contributed by atoms with Gasteiger partial charge in [0.15, 0.2) is 0 Å². The summed E-state index contributed by atoms with van der Waals surface area (Å²) in [5.41, 5.74) is 11.3. The van der Waals surface area contributed by atoms with Gasteiger partial charge in [-0.1, -0.05) is 133 Å². The Morgan fingerprint density at radius 3 is 2.12 bits per heavy atom. The Kier molecular flexibility index (Phi) is 7.16. The van der Waals surface area contributed by atoms with Crippen LogP contribution in [-0.4, -0.2) is 16.6 Å². The molecule has 0 bridgehead atoms. The second-order valence-electron chi connectivity index (χ2n) is 15.1. The number of fused-ring (bicyclic) bond motifs is 9. The molecule has 0 amide bonds. The van der Waals surface area contributed by atoms with E-state index in [1.807, 2.05) is 12.1 Å². The van der Waals surface area contributed by atoms with Crippen LogP contribution in [0, 0.1) is 5.92 Å². The number of aromatic nitrogens is 1. The standard InChI is InChI=1S/C51H36N4O2/c1-3-13-31(14-4-1)49-52-50(32-15-5-2-6-16-32)54-51(53-49)34-26-28-44-39(30-34)38-20-11-19-35(48(38)57-44)33-25-27-45-40(29-33)47-43(23-12-24-46(47)56-45)55-41-21-9-7-17-36(41)37-18-8-10-22-42(37)55/h1-25,27-30,34,49,51,53H,26H2,(H,52,54). The van der Waals surface area contributed by atoms with Gasteiger partial charge in [0, 0.05) is 43.8 Å². The lowest BCUT2D eigenvalue weighted by atomic mass is 9.93. The third-order valence-electron chi connectivity index (χ3n) is 11.8. The summed E-state index contributed by atoms with van der Waals surface area (Å²) >= 11 is 0. The maximum absolute atomic E-state index is 6.77. The van der Waals surface area contributed by atoms with E-state index in [1.165, 1.54) is 21.8 Å². The molecule has 4 heterocycles. The number of hydrogen-bond acceptors (Lipinski definition) is 5. The molecule has 10 aromatic rings. The molecule has 57 heavy (non-hydrogen) atoms. The van der Waals surface area contributed by atoms with Crippen molar-refractivity contribution in [2.45, 2.75) is 18.8 Å². The first-order chi connectivity index (χ1) is 28.2. The summed E-state index contributed by atoms with van der Waals surface area (Å²) in [4.78, 5) is 5.12. The van der Waals surface area contributed by atoms with Crippen LogP contribution in [-0.2, 0) is 0 Å². The Balaban J connectivity index is 0.967. The van der Waals surface area contributed by atoms with Crippen LogP contribution in [0.2, 0.25) is 0 Å². The first kappa shape index (κ1) is 32.1. The highest BCUT2D eigenvalue weighted by molar-refractivity contribution is 6.15. The van der Waals surface area contributed by atoms with Crippen LogP contribution in [0.1, 0.15) is 23.7 Å². The minimum Gasteiger partial charge on any atom is -0.456 e. The highest BCUT2D eigenvalue weighted by atomic mass is 16.3. The summed E-state index contributed by atoms with van der Waals surface area (Å²) in [6, 6.07) is 57.6. The molecule has 12 rings (SSSR count). The zero-order valence-corrected chi connectivity index (χ0v) is 30.9. The summed E-state index contributed by atoms with van der Waals surface area (Å²) in [5.74, 6) is 1.06. The van der Waals surface area contributed by atoms with Crippen molar-refractivity contribution < 1.29 is 8.83 Å². The molecule has 3 atom stereocenters. The van der Waals surface area contributed by atoms with Crippen LogP contribution in [0.25, 0.3) is 83.7 Å². The molecule has 2 N–H and O–H groups in total. The largest absolute Gasteiger partial charge is 0.456 e. The average molecular weight is 737 g/mol. The molecule has 0 radical (unpaired) electrons. The van der Waals surface area contributed by atoms with Gasteiger partial charge in [0.1, 0.15) is 34.2 Å². The highest BCUT2D eigenvalue weighted by Crippen LogP contribution is 2.40. The van der Waals surface area contributed by atoms with Gasteiger partial charge >= 0.3 is 0 Å². The first-order valence-corrected chi connectivity index (χ1v) is 19.6. The zero-order valence-electron chi connectivity index (χ0n) is 30.9. The quantitative estimate of drug-likeness (QED) is 0.185. The summed E-state index contributed by atoms with van der Waals surface area (Å²) < 4.78 is 15.7. The summed E-state index contributed by atoms with van der Waals surface area (Å²) in [5, 5.41) is 14.5. The number of rotatable bonds is 5. The van der Waals surface area contributed by atoms with Crippen molar-refractivity contribution in [2.24, 2.45) is 10.9 Å². The summed E-state index contributed by atoms with van der Waals surface area (Å²) in [6.07, 6.45) is 5.26. The molecule has 0 saturated heterocycles. The second-order valence-corrected chi connectivity index (χ2v) is 15.1. The number of para-hydroxylation sites is 3. The lowest BCUT2D eigenvalue weighted by Gasteiger charge is -2.35. The second kappa shape index (κ2) is 12.7. The fraction of sp³-hybridized carbons (Fsp3) is 0.0784. The number of nitrogens with zero attached hydrogens (tertiary/aromatic N) is 2. The monoisotopic (exact) mass is 736 g/mol. The summed E-state index contributed by atoms with van der Waals surface area (Å²) in [6.45, 7) is 0. The highest BCUT2D eigenvalue weighted by Gasteiger charge is 2.30. The molecular weight excluding hydrogens is 701 g/mol. The van der Waals surface area contributed by atoms with E-state index in [9.17, 15) is 0 Å². The fourth-order valence-corrected chi connectivity index (χ4v) is 9.16. The lowest BCUT2D eigenvalue weighted by Crippen LogP contribution is -2.55. The number of benzene rings is 7. The van der Waals surface area contributed by atoms with E-state index in [0.717, 1.165) is 83.7 Å². The van der Waals surface area contributed by atoms with E-state index in [1.54, 1.807) is 0 Å². The Bertz CT molecular complexity index is 3300. The number of amidine groups is 1. The number of furan rings is 2. The van der Waals surface area contributed by atoms with Gasteiger partial charge in [-0.05, 0) is 60.0 Å². The van der Waals surface area contributed by atoms with Gasteiger partial charge < -0.3 is 18.7 Å². The fourth-order valence-electron chi connectivity index (χ4n) is 9.16. The van der Waals surface area contributed by atoms with Crippen molar-refractivity contribution in [2.75, 3.05) is 0 Å². The van der Waals surface area contributed by atoms with Crippen molar-refractivity contribution in [3.8, 4) is 16.8 Å². The first-order valence-electron chi connectivity index (χ1n) is 19.6. The van der Waals surface area contributed by atoms with Gasteiger partial charge in [-0.3, -0.25) is 5.32 Å². The molecule has 1 aliphatic carbocycles. The predicted molar refractivity (Wildman–Crippen MR) is 232 cm³/mol. The molecule has 3 aromatic heterocycles. The van der Waals surface area contributed by atoms with E-state index < -0.39 is 0 Å². The number of hydrogen-bond donors (Lipinski definition) is 2. The molecule has 0 fully saturated rings. The molecule has 1 aliphatic heterocycles. The normalized spacial score (nSPS) is 18.0.